The van der Waals surface area contributed by atoms with Crippen molar-refractivity contribution in [2.75, 3.05) is 25.4 Å². The minimum atomic E-state index is 0.177. The van der Waals surface area contributed by atoms with Gasteiger partial charge in [-0.25, -0.2) is 4.79 Å². The van der Waals surface area contributed by atoms with Crippen molar-refractivity contribution in [3.8, 4) is 0 Å². The van der Waals surface area contributed by atoms with Crippen molar-refractivity contribution in [3.63, 3.8) is 0 Å². The third kappa shape index (κ3) is 3.63. The molecule has 0 saturated carbocycles. The molecule has 1 fully saturated rings. The summed E-state index contributed by atoms with van der Waals surface area (Å²) in [5, 5.41) is 0. The highest BCUT2D eigenvalue weighted by Crippen LogP contribution is 2.14. The van der Waals surface area contributed by atoms with E-state index >= 15 is 0 Å². The molecule has 1 aromatic carbocycles. The van der Waals surface area contributed by atoms with Gasteiger partial charge in [-0.15, -0.1) is 0 Å². The summed E-state index contributed by atoms with van der Waals surface area (Å²) in [5.74, 6) is 0. The van der Waals surface area contributed by atoms with Crippen molar-refractivity contribution in [2.45, 2.75) is 32.7 Å². The fourth-order valence-corrected chi connectivity index (χ4v) is 2.46. The lowest BCUT2D eigenvalue weighted by atomic mass is 10.2. The third-order valence-corrected chi connectivity index (χ3v) is 3.49. The highest BCUT2D eigenvalue weighted by molar-refractivity contribution is 5.74. The zero-order valence-electron chi connectivity index (χ0n) is 11.6. The molecule has 104 valence electrons. The van der Waals surface area contributed by atoms with E-state index in [0.717, 1.165) is 50.1 Å². The van der Waals surface area contributed by atoms with E-state index in [1.165, 1.54) is 0 Å². The van der Waals surface area contributed by atoms with Gasteiger partial charge in [-0.2, -0.15) is 0 Å². The highest BCUT2D eigenvalue weighted by Gasteiger charge is 2.23. The molecular formula is C15H23N3O. The van der Waals surface area contributed by atoms with Gasteiger partial charge >= 0.3 is 6.03 Å². The average molecular weight is 261 g/mol. The lowest BCUT2D eigenvalue weighted by molar-refractivity contribution is 0.159. The van der Waals surface area contributed by atoms with Crippen LogP contribution in [-0.2, 0) is 6.54 Å². The first-order valence-corrected chi connectivity index (χ1v) is 7.09. The minimum Gasteiger partial charge on any atom is -0.399 e. The van der Waals surface area contributed by atoms with Crippen molar-refractivity contribution in [1.29, 1.82) is 0 Å². The molecule has 0 bridgehead atoms. The van der Waals surface area contributed by atoms with Crippen LogP contribution in [0.5, 0.6) is 0 Å². The first kappa shape index (κ1) is 13.7. The second kappa shape index (κ2) is 6.45. The van der Waals surface area contributed by atoms with E-state index in [1.54, 1.807) is 0 Å². The Bertz CT molecular complexity index is 410. The summed E-state index contributed by atoms with van der Waals surface area (Å²) in [7, 11) is 0. The van der Waals surface area contributed by atoms with Gasteiger partial charge in [-0.05, 0) is 37.0 Å². The number of likely N-dealkylation sites (tertiary alicyclic amines) is 1. The number of nitrogen functional groups attached to an aromatic ring is 1. The number of nitrogens with zero attached hydrogens (tertiary/aromatic N) is 2. The van der Waals surface area contributed by atoms with Gasteiger partial charge in [0.1, 0.15) is 0 Å². The van der Waals surface area contributed by atoms with Crippen LogP contribution < -0.4 is 5.73 Å². The molecule has 0 aromatic heterocycles. The molecule has 4 heteroatoms. The summed E-state index contributed by atoms with van der Waals surface area (Å²) in [5.41, 5.74) is 7.58. The normalized spacial score (nSPS) is 14.7. The average Bonchev–Trinajstić information content (AvgIpc) is 2.94. The van der Waals surface area contributed by atoms with E-state index in [2.05, 4.69) is 6.92 Å². The van der Waals surface area contributed by atoms with E-state index in [4.69, 9.17) is 5.73 Å². The van der Waals surface area contributed by atoms with Gasteiger partial charge in [0.2, 0.25) is 0 Å². The molecule has 2 rings (SSSR count). The van der Waals surface area contributed by atoms with E-state index in [0.29, 0.717) is 6.54 Å². The Hall–Kier alpha value is -1.71. The fraction of sp³-hybridized carbons (Fsp3) is 0.533. The molecule has 4 nitrogen and oxygen atoms in total. The second-order valence-electron chi connectivity index (χ2n) is 5.14. The highest BCUT2D eigenvalue weighted by atomic mass is 16.2. The number of urea groups is 1. The number of carbonyl (C=O) groups excluding carboxylic acids is 1. The van der Waals surface area contributed by atoms with Crippen molar-refractivity contribution >= 4 is 11.7 Å². The minimum absolute atomic E-state index is 0.177. The predicted molar refractivity (Wildman–Crippen MR) is 77.8 cm³/mol. The van der Waals surface area contributed by atoms with E-state index < -0.39 is 0 Å². The summed E-state index contributed by atoms with van der Waals surface area (Å²) in [6.45, 7) is 5.39. The van der Waals surface area contributed by atoms with Crippen LogP contribution in [0.4, 0.5) is 10.5 Å². The molecule has 2 amide bonds. The zero-order valence-corrected chi connectivity index (χ0v) is 11.6. The summed E-state index contributed by atoms with van der Waals surface area (Å²) in [6.07, 6.45) is 3.25. The van der Waals surface area contributed by atoms with Crippen molar-refractivity contribution in [2.24, 2.45) is 0 Å². The maximum absolute atomic E-state index is 12.4. The molecule has 0 radical (unpaired) electrons. The molecule has 0 unspecified atom stereocenters. The van der Waals surface area contributed by atoms with Crippen LogP contribution in [0.2, 0.25) is 0 Å². The molecule has 19 heavy (non-hydrogen) atoms. The standard InChI is InChI=1S/C15H23N3O/c1-2-9-18(15(19)17-10-3-4-11-17)12-13-5-7-14(16)8-6-13/h5-8H,2-4,9-12,16H2,1H3. The summed E-state index contributed by atoms with van der Waals surface area (Å²) < 4.78 is 0. The molecule has 2 N–H and O–H groups in total. The van der Waals surface area contributed by atoms with Crippen LogP contribution >= 0.6 is 0 Å². The molecule has 1 saturated heterocycles. The van der Waals surface area contributed by atoms with Crippen LogP contribution in [0.25, 0.3) is 0 Å². The van der Waals surface area contributed by atoms with Crippen LogP contribution in [0.3, 0.4) is 0 Å². The Morgan fingerprint density at radius 3 is 2.47 bits per heavy atom. The van der Waals surface area contributed by atoms with Gasteiger partial charge in [0.15, 0.2) is 0 Å². The van der Waals surface area contributed by atoms with Gasteiger partial charge in [-0.3, -0.25) is 0 Å². The van der Waals surface area contributed by atoms with Gasteiger partial charge < -0.3 is 15.5 Å². The molecule has 1 aromatic rings. The van der Waals surface area contributed by atoms with Crippen molar-refractivity contribution in [1.82, 2.24) is 9.80 Å². The van der Waals surface area contributed by atoms with Crippen molar-refractivity contribution < 1.29 is 4.79 Å². The van der Waals surface area contributed by atoms with Gasteiger partial charge in [-0.1, -0.05) is 19.1 Å². The quantitative estimate of drug-likeness (QED) is 0.847. The molecule has 0 aliphatic carbocycles. The number of anilines is 1. The second-order valence-corrected chi connectivity index (χ2v) is 5.14. The predicted octanol–water partition coefficient (Wildman–Crippen LogP) is 2.70. The van der Waals surface area contributed by atoms with Crippen LogP contribution in [-0.4, -0.2) is 35.5 Å². The zero-order chi connectivity index (χ0) is 13.7. The SMILES string of the molecule is CCCN(Cc1ccc(N)cc1)C(=O)N1CCCC1. The largest absolute Gasteiger partial charge is 0.399 e. The van der Waals surface area contributed by atoms with Crippen LogP contribution in [0.1, 0.15) is 31.7 Å². The lowest BCUT2D eigenvalue weighted by Crippen LogP contribution is -2.41. The summed E-state index contributed by atoms with van der Waals surface area (Å²) >= 11 is 0. The number of benzene rings is 1. The number of amides is 2. The maximum Gasteiger partial charge on any atom is 0.320 e. The topological polar surface area (TPSA) is 49.6 Å². The molecule has 0 atom stereocenters. The Kier molecular flexibility index (Phi) is 4.66. The Balaban J connectivity index is 2.02. The first-order valence-electron chi connectivity index (χ1n) is 7.09. The number of nitrogens with two attached hydrogens (primary N) is 1. The lowest BCUT2D eigenvalue weighted by Gasteiger charge is -2.27. The maximum atomic E-state index is 12.4. The fourth-order valence-electron chi connectivity index (χ4n) is 2.46. The van der Waals surface area contributed by atoms with Crippen LogP contribution in [0.15, 0.2) is 24.3 Å². The smallest absolute Gasteiger partial charge is 0.320 e. The number of hydrogen-bond acceptors (Lipinski definition) is 2. The van der Waals surface area contributed by atoms with Gasteiger partial charge in [0, 0.05) is 31.9 Å². The van der Waals surface area contributed by atoms with E-state index in [1.807, 2.05) is 34.1 Å². The van der Waals surface area contributed by atoms with E-state index in [-0.39, 0.29) is 6.03 Å². The van der Waals surface area contributed by atoms with E-state index in [9.17, 15) is 4.79 Å². The van der Waals surface area contributed by atoms with Gasteiger partial charge in [0.05, 0.1) is 0 Å². The molecule has 1 aliphatic rings. The molecule has 1 heterocycles. The Morgan fingerprint density at radius 1 is 1.26 bits per heavy atom. The number of carbonyl (C=O) groups is 1. The molecular weight excluding hydrogens is 238 g/mol. The van der Waals surface area contributed by atoms with Crippen molar-refractivity contribution in [3.05, 3.63) is 29.8 Å². The Morgan fingerprint density at radius 2 is 1.89 bits per heavy atom. The number of rotatable bonds is 4. The molecule has 1 aliphatic heterocycles. The van der Waals surface area contributed by atoms with Crippen LogP contribution in [0, 0.1) is 0 Å². The summed E-state index contributed by atoms with van der Waals surface area (Å²) in [6, 6.07) is 7.94. The third-order valence-electron chi connectivity index (χ3n) is 3.49. The number of hydrogen-bond donors (Lipinski definition) is 1. The molecule has 0 spiro atoms. The first-order chi connectivity index (χ1) is 9.20. The monoisotopic (exact) mass is 261 g/mol. The Labute approximate surface area is 115 Å². The summed E-state index contributed by atoms with van der Waals surface area (Å²) in [4.78, 5) is 16.3. The van der Waals surface area contributed by atoms with Gasteiger partial charge in [0.25, 0.3) is 0 Å².